The van der Waals surface area contributed by atoms with E-state index in [1.165, 1.54) is 42.6 Å². The lowest BCUT2D eigenvalue weighted by Crippen LogP contribution is -2.20. The largest absolute Gasteiger partial charge is 0.326 e. The number of likely N-dealkylation sites (tertiary alicyclic amines) is 1. The van der Waals surface area contributed by atoms with Gasteiger partial charge in [0.15, 0.2) is 0 Å². The van der Waals surface area contributed by atoms with Gasteiger partial charge in [-0.05, 0) is 80.6 Å². The van der Waals surface area contributed by atoms with Crippen molar-refractivity contribution in [2.24, 2.45) is 0 Å². The molecule has 2 aromatic carbocycles. The molecule has 138 valence electrons. The van der Waals surface area contributed by atoms with Crippen molar-refractivity contribution in [1.29, 1.82) is 0 Å². The molecule has 3 rings (SSSR count). The summed E-state index contributed by atoms with van der Waals surface area (Å²) in [5, 5.41) is 3.03. The molecular formula is C23H30N2O. The van der Waals surface area contributed by atoms with Crippen molar-refractivity contribution in [3.8, 4) is 11.1 Å². The number of aryl methyl sites for hydroxylation is 1. The number of benzene rings is 2. The van der Waals surface area contributed by atoms with Crippen molar-refractivity contribution in [2.45, 2.75) is 45.4 Å². The lowest BCUT2D eigenvalue weighted by Gasteiger charge is -2.13. The average Bonchev–Trinajstić information content (AvgIpc) is 3.19. The third-order valence-corrected chi connectivity index (χ3v) is 5.20. The van der Waals surface area contributed by atoms with E-state index in [0.29, 0.717) is 6.42 Å². The Morgan fingerprint density at radius 1 is 1.00 bits per heavy atom. The topological polar surface area (TPSA) is 32.3 Å². The second-order valence-electron chi connectivity index (χ2n) is 7.14. The van der Waals surface area contributed by atoms with Crippen molar-refractivity contribution in [2.75, 3.05) is 25.0 Å². The van der Waals surface area contributed by atoms with Crippen LogP contribution in [0.15, 0.2) is 48.5 Å². The minimum absolute atomic E-state index is 0.119. The molecule has 3 heteroatoms. The molecule has 0 saturated carbocycles. The maximum absolute atomic E-state index is 12.1. The van der Waals surface area contributed by atoms with E-state index < -0.39 is 0 Å². The van der Waals surface area contributed by atoms with Gasteiger partial charge in [0.05, 0.1) is 0 Å². The van der Waals surface area contributed by atoms with Gasteiger partial charge in [-0.25, -0.2) is 0 Å². The van der Waals surface area contributed by atoms with Gasteiger partial charge in [-0.3, -0.25) is 4.79 Å². The van der Waals surface area contributed by atoms with Crippen molar-refractivity contribution in [1.82, 2.24) is 4.90 Å². The first-order valence-corrected chi connectivity index (χ1v) is 9.97. The summed E-state index contributed by atoms with van der Waals surface area (Å²) in [7, 11) is 0. The van der Waals surface area contributed by atoms with Crippen molar-refractivity contribution in [3.05, 3.63) is 54.1 Å². The number of hydrogen-bond acceptors (Lipinski definition) is 2. The Kier molecular flexibility index (Phi) is 6.84. The monoisotopic (exact) mass is 350 g/mol. The smallest absolute Gasteiger partial charge is 0.224 e. The number of hydrogen-bond donors (Lipinski definition) is 1. The van der Waals surface area contributed by atoms with Gasteiger partial charge >= 0.3 is 0 Å². The summed E-state index contributed by atoms with van der Waals surface area (Å²) in [6, 6.07) is 16.7. The maximum atomic E-state index is 12.1. The molecule has 0 spiro atoms. The molecule has 26 heavy (non-hydrogen) atoms. The first-order valence-electron chi connectivity index (χ1n) is 9.97. The van der Waals surface area contributed by atoms with Crippen molar-refractivity contribution < 1.29 is 4.79 Å². The first-order chi connectivity index (χ1) is 12.8. The minimum Gasteiger partial charge on any atom is -0.326 e. The van der Waals surface area contributed by atoms with Gasteiger partial charge in [0.1, 0.15) is 0 Å². The fourth-order valence-corrected chi connectivity index (χ4v) is 3.69. The molecule has 1 heterocycles. The van der Waals surface area contributed by atoms with Gasteiger partial charge in [-0.15, -0.1) is 0 Å². The molecule has 0 radical (unpaired) electrons. The molecule has 0 aromatic heterocycles. The van der Waals surface area contributed by atoms with Crippen LogP contribution in [0.25, 0.3) is 11.1 Å². The van der Waals surface area contributed by atoms with Crippen LogP contribution < -0.4 is 5.32 Å². The highest BCUT2D eigenvalue weighted by Crippen LogP contribution is 2.25. The molecule has 0 aliphatic carbocycles. The van der Waals surface area contributed by atoms with E-state index in [4.69, 9.17) is 0 Å². The summed E-state index contributed by atoms with van der Waals surface area (Å²) in [5.41, 5.74) is 4.70. The zero-order valence-corrected chi connectivity index (χ0v) is 15.8. The van der Waals surface area contributed by atoms with Crippen LogP contribution in [0, 0.1) is 0 Å². The highest BCUT2D eigenvalue weighted by atomic mass is 16.1. The molecular weight excluding hydrogens is 320 g/mol. The summed E-state index contributed by atoms with van der Waals surface area (Å²) < 4.78 is 0. The highest BCUT2D eigenvalue weighted by molar-refractivity contribution is 5.91. The third-order valence-electron chi connectivity index (χ3n) is 5.20. The van der Waals surface area contributed by atoms with E-state index in [9.17, 15) is 4.79 Å². The molecule has 1 aliphatic rings. The summed E-state index contributed by atoms with van der Waals surface area (Å²) in [5.74, 6) is 0.119. The van der Waals surface area contributed by atoms with Crippen LogP contribution in [0.5, 0.6) is 0 Å². The quantitative estimate of drug-likeness (QED) is 0.670. The molecule has 1 fully saturated rings. The Morgan fingerprint density at radius 3 is 2.46 bits per heavy atom. The van der Waals surface area contributed by atoms with Gasteiger partial charge in [-0.2, -0.15) is 0 Å². The predicted molar refractivity (Wildman–Crippen MR) is 109 cm³/mol. The fraction of sp³-hybridized carbons (Fsp3) is 0.435. The normalized spacial score (nSPS) is 14.5. The fourth-order valence-electron chi connectivity index (χ4n) is 3.69. The number of anilines is 1. The predicted octanol–water partition coefficient (Wildman–Crippen LogP) is 5.12. The zero-order valence-electron chi connectivity index (χ0n) is 15.8. The molecule has 1 saturated heterocycles. The number of nitrogens with one attached hydrogen (secondary N) is 1. The van der Waals surface area contributed by atoms with Crippen molar-refractivity contribution >= 4 is 11.6 Å². The summed E-state index contributed by atoms with van der Waals surface area (Å²) in [6.45, 7) is 5.79. The maximum Gasteiger partial charge on any atom is 0.224 e. The van der Waals surface area contributed by atoms with Crippen LogP contribution in [-0.4, -0.2) is 30.4 Å². The lowest BCUT2D eigenvalue weighted by molar-refractivity contribution is -0.116. The minimum atomic E-state index is 0.119. The van der Waals surface area contributed by atoms with E-state index in [0.717, 1.165) is 31.5 Å². The van der Waals surface area contributed by atoms with Crippen LogP contribution in [0.2, 0.25) is 0 Å². The second-order valence-corrected chi connectivity index (χ2v) is 7.14. The Balaban J connectivity index is 1.46. The number of carbonyl (C=O) groups excluding carboxylic acids is 1. The summed E-state index contributed by atoms with van der Waals surface area (Å²) >= 11 is 0. The SMILES string of the molecule is CCc1ccccc1-c1ccc(NC(=O)CCCCN2CCCC2)cc1. The van der Waals surface area contributed by atoms with E-state index in [2.05, 4.69) is 53.5 Å². The molecule has 2 aromatic rings. The summed E-state index contributed by atoms with van der Waals surface area (Å²) in [4.78, 5) is 14.6. The number of amides is 1. The van der Waals surface area contributed by atoms with Gasteiger partial charge in [0, 0.05) is 12.1 Å². The lowest BCUT2D eigenvalue weighted by atomic mass is 9.98. The molecule has 0 unspecified atom stereocenters. The van der Waals surface area contributed by atoms with E-state index in [1.54, 1.807) is 0 Å². The van der Waals surface area contributed by atoms with Gasteiger partial charge in [0.2, 0.25) is 5.91 Å². The van der Waals surface area contributed by atoms with Crippen LogP contribution in [0.1, 0.15) is 44.6 Å². The molecule has 3 nitrogen and oxygen atoms in total. The highest BCUT2D eigenvalue weighted by Gasteiger charge is 2.11. The van der Waals surface area contributed by atoms with E-state index >= 15 is 0 Å². The molecule has 1 aliphatic heterocycles. The second kappa shape index (κ2) is 9.54. The van der Waals surface area contributed by atoms with Crippen LogP contribution in [0.4, 0.5) is 5.69 Å². The number of unbranched alkanes of at least 4 members (excludes halogenated alkanes) is 1. The molecule has 1 amide bonds. The Hall–Kier alpha value is -2.13. The molecule has 1 N–H and O–H groups in total. The standard InChI is InChI=1S/C23H30N2O/c1-2-19-9-3-4-10-22(19)20-12-14-21(15-13-20)24-23(26)11-5-6-16-25-17-7-8-18-25/h3-4,9-10,12-15H,2,5-8,11,16-18H2,1H3,(H,24,26). The third kappa shape index (κ3) is 5.18. The number of carbonyl (C=O) groups is 1. The van der Waals surface area contributed by atoms with Gasteiger partial charge in [-0.1, -0.05) is 43.3 Å². The van der Waals surface area contributed by atoms with Gasteiger partial charge in [0.25, 0.3) is 0 Å². The van der Waals surface area contributed by atoms with E-state index in [1.807, 2.05) is 12.1 Å². The number of rotatable bonds is 8. The Labute approximate surface area is 157 Å². The van der Waals surface area contributed by atoms with E-state index in [-0.39, 0.29) is 5.91 Å². The van der Waals surface area contributed by atoms with Gasteiger partial charge < -0.3 is 10.2 Å². The zero-order chi connectivity index (χ0) is 18.2. The van der Waals surface area contributed by atoms with Crippen LogP contribution in [0.3, 0.4) is 0 Å². The Bertz CT molecular complexity index is 702. The molecule has 0 bridgehead atoms. The average molecular weight is 351 g/mol. The number of nitrogens with zero attached hydrogens (tertiary/aromatic N) is 1. The molecule has 0 atom stereocenters. The van der Waals surface area contributed by atoms with Crippen LogP contribution in [-0.2, 0) is 11.2 Å². The Morgan fingerprint density at radius 2 is 1.73 bits per heavy atom. The summed E-state index contributed by atoms with van der Waals surface area (Å²) in [6.07, 6.45) is 6.36. The van der Waals surface area contributed by atoms with Crippen LogP contribution >= 0.6 is 0 Å². The first kappa shape index (κ1) is 18.7. The van der Waals surface area contributed by atoms with Crippen molar-refractivity contribution in [3.63, 3.8) is 0 Å².